The first-order chi connectivity index (χ1) is 5.31. The minimum Gasteiger partial charge on any atom is -0.516 e. The zero-order chi connectivity index (χ0) is 8.53. The van der Waals surface area contributed by atoms with Crippen molar-refractivity contribution in [2.75, 3.05) is 7.11 Å². The zero-order valence-electron chi connectivity index (χ0n) is 7.42. The standard InChI is InChI=1S/C9H18O2/c1-9(11-2)7-5-3-4-6-8-10/h6,8-10H,3-5,7H2,1-2H3. The topological polar surface area (TPSA) is 29.5 Å². The highest BCUT2D eigenvalue weighted by atomic mass is 16.5. The molecule has 1 unspecified atom stereocenters. The van der Waals surface area contributed by atoms with E-state index in [1.807, 2.05) is 0 Å². The van der Waals surface area contributed by atoms with Gasteiger partial charge in [0.1, 0.15) is 0 Å². The van der Waals surface area contributed by atoms with Crippen LogP contribution in [0.25, 0.3) is 0 Å². The minimum absolute atomic E-state index is 0.369. The lowest BCUT2D eigenvalue weighted by Crippen LogP contribution is -2.03. The molecule has 1 N–H and O–H groups in total. The highest BCUT2D eigenvalue weighted by Gasteiger charge is 1.96. The van der Waals surface area contributed by atoms with Gasteiger partial charge in [0.25, 0.3) is 0 Å². The quantitative estimate of drug-likeness (QED) is 0.475. The Morgan fingerprint density at radius 3 is 2.73 bits per heavy atom. The summed E-state index contributed by atoms with van der Waals surface area (Å²) in [6.07, 6.45) is 7.62. The van der Waals surface area contributed by atoms with Crippen LogP contribution < -0.4 is 0 Å². The maximum atomic E-state index is 8.32. The summed E-state index contributed by atoms with van der Waals surface area (Å²) in [7, 11) is 1.73. The zero-order valence-corrected chi connectivity index (χ0v) is 7.42. The second-order valence-electron chi connectivity index (χ2n) is 2.72. The molecule has 0 spiro atoms. The molecule has 0 fully saturated rings. The summed E-state index contributed by atoms with van der Waals surface area (Å²) in [6.45, 7) is 2.07. The van der Waals surface area contributed by atoms with E-state index < -0.39 is 0 Å². The summed E-state index contributed by atoms with van der Waals surface area (Å²) >= 11 is 0. The number of aliphatic hydroxyl groups excluding tert-OH is 1. The Labute approximate surface area is 68.9 Å². The van der Waals surface area contributed by atoms with Crippen molar-refractivity contribution in [2.24, 2.45) is 0 Å². The molecular formula is C9H18O2. The third-order valence-electron chi connectivity index (χ3n) is 1.74. The smallest absolute Gasteiger partial charge is 0.0751 e. The minimum atomic E-state index is 0.369. The Morgan fingerprint density at radius 2 is 2.18 bits per heavy atom. The van der Waals surface area contributed by atoms with Gasteiger partial charge in [-0.05, 0) is 26.2 Å². The fraction of sp³-hybridized carbons (Fsp3) is 0.778. The number of unbranched alkanes of at least 4 members (excludes halogenated alkanes) is 2. The molecule has 0 aromatic rings. The van der Waals surface area contributed by atoms with Crippen LogP contribution in [0.2, 0.25) is 0 Å². The van der Waals surface area contributed by atoms with Gasteiger partial charge >= 0.3 is 0 Å². The molecule has 0 radical (unpaired) electrons. The fourth-order valence-electron chi connectivity index (χ4n) is 0.886. The molecule has 0 aliphatic carbocycles. The van der Waals surface area contributed by atoms with Crippen LogP contribution in [0.5, 0.6) is 0 Å². The lowest BCUT2D eigenvalue weighted by Gasteiger charge is -2.07. The Balaban J connectivity index is 3.01. The van der Waals surface area contributed by atoms with E-state index in [9.17, 15) is 0 Å². The monoisotopic (exact) mass is 158 g/mol. The second-order valence-corrected chi connectivity index (χ2v) is 2.72. The van der Waals surface area contributed by atoms with Crippen molar-refractivity contribution in [3.05, 3.63) is 12.3 Å². The maximum absolute atomic E-state index is 8.32. The van der Waals surface area contributed by atoms with Gasteiger partial charge in [-0.3, -0.25) is 0 Å². The van der Waals surface area contributed by atoms with Crippen molar-refractivity contribution in [2.45, 2.75) is 38.7 Å². The summed E-state index contributed by atoms with van der Waals surface area (Å²) < 4.78 is 5.09. The highest BCUT2D eigenvalue weighted by molar-refractivity contribution is 4.70. The SMILES string of the molecule is COC(C)CCCCC=CO. The molecule has 0 aliphatic heterocycles. The number of allylic oxidation sites excluding steroid dienone is 1. The molecule has 0 aliphatic rings. The molecule has 0 amide bonds. The molecule has 0 heterocycles. The maximum Gasteiger partial charge on any atom is 0.0751 e. The van der Waals surface area contributed by atoms with E-state index in [0.29, 0.717) is 6.10 Å². The van der Waals surface area contributed by atoms with Gasteiger partial charge in [0, 0.05) is 7.11 Å². The number of methoxy groups -OCH3 is 1. The van der Waals surface area contributed by atoms with Crippen LogP contribution in [0.3, 0.4) is 0 Å². The van der Waals surface area contributed by atoms with Gasteiger partial charge in [-0.1, -0.05) is 12.5 Å². The van der Waals surface area contributed by atoms with Crippen LogP contribution in [0.1, 0.15) is 32.6 Å². The van der Waals surface area contributed by atoms with E-state index in [4.69, 9.17) is 9.84 Å². The summed E-state index contributed by atoms with van der Waals surface area (Å²) in [5.41, 5.74) is 0. The number of rotatable bonds is 6. The fourth-order valence-corrected chi connectivity index (χ4v) is 0.886. The molecular weight excluding hydrogens is 140 g/mol. The molecule has 66 valence electrons. The van der Waals surface area contributed by atoms with Crippen molar-refractivity contribution in [3.8, 4) is 0 Å². The van der Waals surface area contributed by atoms with Crippen LogP contribution in [0.4, 0.5) is 0 Å². The molecule has 0 rings (SSSR count). The van der Waals surface area contributed by atoms with Crippen molar-refractivity contribution in [3.63, 3.8) is 0 Å². The van der Waals surface area contributed by atoms with Gasteiger partial charge in [0.15, 0.2) is 0 Å². The van der Waals surface area contributed by atoms with E-state index in [-0.39, 0.29) is 0 Å². The number of ether oxygens (including phenoxy) is 1. The summed E-state index contributed by atoms with van der Waals surface area (Å²) in [5.74, 6) is 0. The lowest BCUT2D eigenvalue weighted by atomic mass is 10.1. The molecule has 0 aromatic heterocycles. The van der Waals surface area contributed by atoms with E-state index in [2.05, 4.69) is 6.92 Å². The van der Waals surface area contributed by atoms with E-state index in [0.717, 1.165) is 25.5 Å². The van der Waals surface area contributed by atoms with Crippen molar-refractivity contribution < 1.29 is 9.84 Å². The predicted octanol–water partition coefficient (Wildman–Crippen LogP) is 2.65. The van der Waals surface area contributed by atoms with Crippen LogP contribution >= 0.6 is 0 Å². The van der Waals surface area contributed by atoms with Crippen LogP contribution in [-0.2, 0) is 4.74 Å². The van der Waals surface area contributed by atoms with E-state index in [1.54, 1.807) is 13.2 Å². The molecule has 2 nitrogen and oxygen atoms in total. The number of hydrogen-bond acceptors (Lipinski definition) is 2. The lowest BCUT2D eigenvalue weighted by molar-refractivity contribution is 0.108. The van der Waals surface area contributed by atoms with Gasteiger partial charge in [-0.15, -0.1) is 0 Å². The molecule has 1 atom stereocenters. The summed E-state index contributed by atoms with van der Waals surface area (Å²) in [5, 5.41) is 8.32. The molecule has 0 saturated carbocycles. The van der Waals surface area contributed by atoms with Crippen molar-refractivity contribution in [1.29, 1.82) is 0 Å². The van der Waals surface area contributed by atoms with Gasteiger partial charge in [-0.2, -0.15) is 0 Å². The molecule has 0 aromatic carbocycles. The summed E-state index contributed by atoms with van der Waals surface area (Å²) in [6, 6.07) is 0. The third kappa shape index (κ3) is 7.40. The Bertz CT molecular complexity index is 99.7. The van der Waals surface area contributed by atoms with Crippen molar-refractivity contribution in [1.82, 2.24) is 0 Å². The van der Waals surface area contributed by atoms with E-state index in [1.165, 1.54) is 6.42 Å². The van der Waals surface area contributed by atoms with Gasteiger partial charge in [0.2, 0.25) is 0 Å². The Kier molecular flexibility index (Phi) is 7.26. The average molecular weight is 158 g/mol. The van der Waals surface area contributed by atoms with Gasteiger partial charge < -0.3 is 9.84 Å². The molecule has 2 heteroatoms. The molecule has 0 saturated heterocycles. The molecule has 0 bridgehead atoms. The van der Waals surface area contributed by atoms with Gasteiger partial charge in [0.05, 0.1) is 12.4 Å². The van der Waals surface area contributed by atoms with Gasteiger partial charge in [-0.25, -0.2) is 0 Å². The number of aliphatic hydroxyl groups is 1. The normalized spacial score (nSPS) is 14.0. The average Bonchev–Trinajstić information content (AvgIpc) is 2.04. The largest absolute Gasteiger partial charge is 0.516 e. The second kappa shape index (κ2) is 7.61. The van der Waals surface area contributed by atoms with Crippen LogP contribution in [0, 0.1) is 0 Å². The van der Waals surface area contributed by atoms with E-state index >= 15 is 0 Å². The third-order valence-corrected chi connectivity index (χ3v) is 1.74. The predicted molar refractivity (Wildman–Crippen MR) is 46.7 cm³/mol. The first-order valence-electron chi connectivity index (χ1n) is 4.13. The Hall–Kier alpha value is -0.500. The Morgan fingerprint density at radius 1 is 1.45 bits per heavy atom. The number of hydrogen-bond donors (Lipinski definition) is 1. The van der Waals surface area contributed by atoms with Crippen LogP contribution in [0.15, 0.2) is 12.3 Å². The first-order valence-corrected chi connectivity index (χ1v) is 4.13. The molecule has 11 heavy (non-hydrogen) atoms. The van der Waals surface area contributed by atoms with Crippen LogP contribution in [-0.4, -0.2) is 18.3 Å². The highest BCUT2D eigenvalue weighted by Crippen LogP contribution is 2.05. The van der Waals surface area contributed by atoms with Crippen molar-refractivity contribution >= 4 is 0 Å². The first kappa shape index (κ1) is 10.5. The summed E-state index contributed by atoms with van der Waals surface area (Å²) in [4.78, 5) is 0.